The van der Waals surface area contributed by atoms with Gasteiger partial charge in [0.25, 0.3) is 5.91 Å². The summed E-state index contributed by atoms with van der Waals surface area (Å²) in [5.74, 6) is 0.348. The number of carbonyl (C=O) groups is 1. The molecule has 3 aliphatic rings. The minimum atomic E-state index is -0.0622. The van der Waals surface area contributed by atoms with Gasteiger partial charge >= 0.3 is 0 Å². The lowest BCUT2D eigenvalue weighted by molar-refractivity contribution is -0.170. The van der Waals surface area contributed by atoms with Crippen LogP contribution in [0.15, 0.2) is 49.1 Å². The first kappa shape index (κ1) is 15.3. The minimum absolute atomic E-state index is 0.0622. The molecule has 1 N–H and O–H groups in total. The van der Waals surface area contributed by atoms with Gasteiger partial charge in [-0.1, -0.05) is 44.2 Å². The van der Waals surface area contributed by atoms with Crippen LogP contribution < -0.4 is 5.32 Å². The lowest BCUT2D eigenvalue weighted by atomic mass is 9.31. The Morgan fingerprint density at radius 3 is 2.29 bits per heavy atom. The SMILES string of the molecule is CC(C)C(NC(=O)c1cncnc1)C12CC(c3ccccc3)(C1)C2. The Kier molecular flexibility index (Phi) is 3.44. The topological polar surface area (TPSA) is 54.9 Å². The van der Waals surface area contributed by atoms with Crippen LogP contribution in [-0.4, -0.2) is 21.9 Å². The molecular weight excluding hydrogens is 298 g/mol. The van der Waals surface area contributed by atoms with Gasteiger partial charge in [0, 0.05) is 18.4 Å². The quantitative estimate of drug-likeness (QED) is 0.919. The molecule has 0 spiro atoms. The molecule has 1 unspecified atom stereocenters. The van der Waals surface area contributed by atoms with Crippen molar-refractivity contribution >= 4 is 5.91 Å². The zero-order valence-corrected chi connectivity index (χ0v) is 14.2. The summed E-state index contributed by atoms with van der Waals surface area (Å²) in [7, 11) is 0. The van der Waals surface area contributed by atoms with Crippen LogP contribution in [0.25, 0.3) is 0 Å². The van der Waals surface area contributed by atoms with Gasteiger partial charge in [0.15, 0.2) is 0 Å². The fourth-order valence-corrected chi connectivity index (χ4v) is 4.96. The van der Waals surface area contributed by atoms with E-state index in [9.17, 15) is 4.79 Å². The third-order valence-corrected chi connectivity index (χ3v) is 5.89. The Morgan fingerprint density at radius 1 is 1.08 bits per heavy atom. The van der Waals surface area contributed by atoms with Gasteiger partial charge in [-0.15, -0.1) is 0 Å². The molecule has 0 radical (unpaired) electrons. The average molecular weight is 321 g/mol. The highest BCUT2D eigenvalue weighted by atomic mass is 16.1. The zero-order valence-electron chi connectivity index (χ0n) is 14.2. The van der Waals surface area contributed by atoms with E-state index in [-0.39, 0.29) is 17.4 Å². The number of amides is 1. The number of nitrogens with zero attached hydrogens (tertiary/aromatic N) is 2. The van der Waals surface area contributed by atoms with Gasteiger partial charge in [-0.3, -0.25) is 4.79 Å². The van der Waals surface area contributed by atoms with Crippen molar-refractivity contribution in [3.8, 4) is 0 Å². The van der Waals surface area contributed by atoms with Crippen LogP contribution in [0.3, 0.4) is 0 Å². The number of nitrogens with one attached hydrogen (secondary N) is 1. The fourth-order valence-electron chi connectivity index (χ4n) is 4.96. The molecule has 1 atom stereocenters. The molecule has 2 aromatic rings. The van der Waals surface area contributed by atoms with E-state index in [2.05, 4.69) is 59.5 Å². The fraction of sp³-hybridized carbons (Fsp3) is 0.450. The molecule has 1 aromatic carbocycles. The van der Waals surface area contributed by atoms with E-state index in [0.717, 1.165) is 0 Å². The molecule has 3 saturated carbocycles. The van der Waals surface area contributed by atoms with Crippen molar-refractivity contribution in [1.82, 2.24) is 15.3 Å². The van der Waals surface area contributed by atoms with Gasteiger partial charge in [-0.25, -0.2) is 9.97 Å². The monoisotopic (exact) mass is 321 g/mol. The van der Waals surface area contributed by atoms with Gasteiger partial charge in [0.05, 0.1) is 5.56 Å². The van der Waals surface area contributed by atoms with Crippen LogP contribution in [0.4, 0.5) is 0 Å². The van der Waals surface area contributed by atoms with Gasteiger partial charge in [0.2, 0.25) is 0 Å². The smallest absolute Gasteiger partial charge is 0.254 e. The van der Waals surface area contributed by atoms with Crippen molar-refractivity contribution in [2.75, 3.05) is 0 Å². The third-order valence-electron chi connectivity index (χ3n) is 5.89. The first-order valence-electron chi connectivity index (χ1n) is 8.66. The predicted molar refractivity (Wildman–Crippen MR) is 92.5 cm³/mol. The van der Waals surface area contributed by atoms with E-state index < -0.39 is 0 Å². The summed E-state index contributed by atoms with van der Waals surface area (Å²) in [4.78, 5) is 20.4. The normalized spacial score (nSPS) is 28.6. The molecule has 1 aromatic heterocycles. The summed E-state index contributed by atoms with van der Waals surface area (Å²) in [6.45, 7) is 4.39. The number of benzene rings is 1. The number of rotatable bonds is 5. The summed E-state index contributed by atoms with van der Waals surface area (Å²) in [5.41, 5.74) is 2.61. The van der Waals surface area contributed by atoms with Crippen LogP contribution in [0.2, 0.25) is 0 Å². The van der Waals surface area contributed by atoms with Crippen molar-refractivity contribution in [3.63, 3.8) is 0 Å². The molecule has 4 heteroatoms. The lowest BCUT2D eigenvalue weighted by Crippen LogP contribution is -2.72. The molecule has 1 amide bonds. The minimum Gasteiger partial charge on any atom is -0.348 e. The molecule has 1 heterocycles. The van der Waals surface area contributed by atoms with Crippen molar-refractivity contribution in [2.24, 2.45) is 11.3 Å². The maximum atomic E-state index is 12.5. The zero-order chi connectivity index (χ0) is 16.8. The Morgan fingerprint density at radius 2 is 1.71 bits per heavy atom. The molecule has 5 rings (SSSR count). The Balaban J connectivity index is 1.48. The standard InChI is InChI=1S/C20H23N3O/c1-14(2)17(23-18(24)15-8-21-13-22-9-15)20-10-19(11-20,12-20)16-6-4-3-5-7-16/h3-9,13-14,17H,10-12H2,1-2H3,(H,23,24). The predicted octanol–water partition coefficient (Wildman–Crippen LogP) is 3.35. The molecule has 124 valence electrons. The summed E-state index contributed by atoms with van der Waals surface area (Å²) in [6.07, 6.45) is 8.14. The Bertz CT molecular complexity index is 722. The largest absolute Gasteiger partial charge is 0.348 e. The van der Waals surface area contributed by atoms with Crippen molar-refractivity contribution in [3.05, 3.63) is 60.2 Å². The van der Waals surface area contributed by atoms with E-state index in [1.165, 1.54) is 31.2 Å². The second-order valence-corrected chi connectivity index (χ2v) is 7.86. The molecule has 24 heavy (non-hydrogen) atoms. The first-order valence-corrected chi connectivity index (χ1v) is 8.66. The molecule has 0 saturated heterocycles. The molecule has 3 aliphatic carbocycles. The number of aromatic nitrogens is 2. The van der Waals surface area contributed by atoms with Gasteiger partial charge in [-0.2, -0.15) is 0 Å². The van der Waals surface area contributed by atoms with Crippen molar-refractivity contribution in [1.29, 1.82) is 0 Å². The summed E-state index contributed by atoms with van der Waals surface area (Å²) in [5, 5.41) is 3.26. The van der Waals surface area contributed by atoms with Crippen LogP contribution in [0.5, 0.6) is 0 Å². The molecule has 0 aliphatic heterocycles. The van der Waals surface area contributed by atoms with Gasteiger partial charge < -0.3 is 5.32 Å². The number of hydrogen-bond acceptors (Lipinski definition) is 3. The highest BCUT2D eigenvalue weighted by Gasteiger charge is 2.71. The van der Waals surface area contributed by atoms with E-state index in [0.29, 0.717) is 16.9 Å². The number of carbonyl (C=O) groups excluding carboxylic acids is 1. The second kappa shape index (κ2) is 5.40. The first-order chi connectivity index (χ1) is 11.5. The average Bonchev–Trinajstić information content (AvgIpc) is 2.53. The van der Waals surface area contributed by atoms with Crippen LogP contribution in [0, 0.1) is 11.3 Å². The molecule has 3 fully saturated rings. The highest BCUT2D eigenvalue weighted by molar-refractivity contribution is 5.93. The van der Waals surface area contributed by atoms with Crippen LogP contribution in [-0.2, 0) is 5.41 Å². The highest BCUT2D eigenvalue weighted by Crippen LogP contribution is 2.75. The summed E-state index contributed by atoms with van der Waals surface area (Å²) in [6, 6.07) is 11.0. The van der Waals surface area contributed by atoms with E-state index in [1.54, 1.807) is 12.4 Å². The summed E-state index contributed by atoms with van der Waals surface area (Å²) < 4.78 is 0. The maximum Gasteiger partial charge on any atom is 0.254 e. The molecule has 2 bridgehead atoms. The van der Waals surface area contributed by atoms with Gasteiger partial charge in [-0.05, 0) is 41.6 Å². The van der Waals surface area contributed by atoms with Crippen molar-refractivity contribution in [2.45, 2.75) is 44.6 Å². The summed E-state index contributed by atoms with van der Waals surface area (Å²) >= 11 is 0. The van der Waals surface area contributed by atoms with Crippen LogP contribution >= 0.6 is 0 Å². The van der Waals surface area contributed by atoms with Crippen molar-refractivity contribution < 1.29 is 4.79 Å². The Hall–Kier alpha value is -2.23. The second-order valence-electron chi connectivity index (χ2n) is 7.86. The molecular formula is C20H23N3O. The molecule has 4 nitrogen and oxygen atoms in total. The van der Waals surface area contributed by atoms with E-state index in [1.807, 2.05) is 0 Å². The Labute approximate surface area is 142 Å². The maximum absolute atomic E-state index is 12.5. The van der Waals surface area contributed by atoms with Gasteiger partial charge in [0.1, 0.15) is 6.33 Å². The third kappa shape index (κ3) is 2.24. The van der Waals surface area contributed by atoms with Crippen LogP contribution in [0.1, 0.15) is 49.0 Å². The number of hydrogen-bond donors (Lipinski definition) is 1. The lowest BCUT2D eigenvalue weighted by Gasteiger charge is -2.74. The van der Waals surface area contributed by atoms with E-state index in [4.69, 9.17) is 0 Å². The van der Waals surface area contributed by atoms with E-state index >= 15 is 0 Å².